The summed E-state index contributed by atoms with van der Waals surface area (Å²) in [6.07, 6.45) is 0. The Morgan fingerprint density at radius 2 is 2.21 bits per heavy atom. The van der Waals surface area contributed by atoms with Crippen LogP contribution in [0.3, 0.4) is 0 Å². The first-order valence-electron chi connectivity index (χ1n) is 5.06. The van der Waals surface area contributed by atoms with E-state index in [2.05, 4.69) is 25.6 Å². The number of carboxylic acids is 1. The van der Waals surface area contributed by atoms with Gasteiger partial charge in [0.15, 0.2) is 11.6 Å². The van der Waals surface area contributed by atoms with E-state index in [4.69, 9.17) is 14.6 Å². The molecule has 3 rings (SSSR count). The Morgan fingerprint density at radius 3 is 2.89 bits per heavy atom. The molecule has 0 saturated heterocycles. The number of halogens is 2. The van der Waals surface area contributed by atoms with Gasteiger partial charge in [-0.15, -0.1) is 0 Å². The molecule has 6 nitrogen and oxygen atoms in total. The van der Waals surface area contributed by atoms with Gasteiger partial charge in [0, 0.05) is 10.5 Å². The summed E-state index contributed by atoms with van der Waals surface area (Å²) in [7, 11) is 0. The fourth-order valence-electron chi connectivity index (χ4n) is 1.70. The molecule has 0 unspecified atom stereocenters. The highest BCUT2D eigenvalue weighted by Gasteiger charge is 2.27. The standard InChI is InChI=1S/C11H5BrFNO5/c12-4-1-6-10(18-3-17-6)9(13)8(4)5-2-7(11(15)16)19-14-5/h1-2H,3H2,(H,15,16). The van der Waals surface area contributed by atoms with Crippen molar-refractivity contribution >= 4 is 21.9 Å². The highest BCUT2D eigenvalue weighted by atomic mass is 79.9. The van der Waals surface area contributed by atoms with Crippen molar-refractivity contribution in [3.63, 3.8) is 0 Å². The first-order chi connectivity index (χ1) is 9.08. The van der Waals surface area contributed by atoms with Gasteiger partial charge in [-0.05, 0) is 22.0 Å². The van der Waals surface area contributed by atoms with Crippen LogP contribution in [0.15, 0.2) is 21.1 Å². The highest BCUT2D eigenvalue weighted by Crippen LogP contribution is 2.44. The topological polar surface area (TPSA) is 81.8 Å². The van der Waals surface area contributed by atoms with Crippen molar-refractivity contribution in [2.24, 2.45) is 0 Å². The van der Waals surface area contributed by atoms with Crippen LogP contribution in [0.4, 0.5) is 4.39 Å². The zero-order valence-corrected chi connectivity index (χ0v) is 10.7. The number of carbonyl (C=O) groups is 1. The molecule has 1 aromatic heterocycles. The summed E-state index contributed by atoms with van der Waals surface area (Å²) in [5.74, 6) is -2.10. The third-order valence-corrected chi connectivity index (χ3v) is 3.16. The molecule has 0 spiro atoms. The first-order valence-corrected chi connectivity index (χ1v) is 5.85. The van der Waals surface area contributed by atoms with Gasteiger partial charge in [-0.25, -0.2) is 9.18 Å². The molecule has 0 saturated carbocycles. The molecule has 1 aromatic carbocycles. The predicted octanol–water partition coefficient (Wildman–Crippen LogP) is 2.67. The number of aromatic carboxylic acids is 1. The van der Waals surface area contributed by atoms with Crippen molar-refractivity contribution in [3.8, 4) is 22.8 Å². The Bertz CT molecular complexity index is 684. The van der Waals surface area contributed by atoms with Crippen LogP contribution in [-0.2, 0) is 0 Å². The molecule has 98 valence electrons. The van der Waals surface area contributed by atoms with E-state index in [1.807, 2.05) is 0 Å². The smallest absolute Gasteiger partial charge is 0.374 e. The van der Waals surface area contributed by atoms with E-state index in [0.29, 0.717) is 4.47 Å². The maximum atomic E-state index is 14.3. The van der Waals surface area contributed by atoms with E-state index < -0.39 is 11.8 Å². The Morgan fingerprint density at radius 1 is 1.42 bits per heavy atom. The van der Waals surface area contributed by atoms with Crippen molar-refractivity contribution in [2.75, 3.05) is 6.79 Å². The van der Waals surface area contributed by atoms with Crippen LogP contribution < -0.4 is 9.47 Å². The van der Waals surface area contributed by atoms with Gasteiger partial charge in [0.2, 0.25) is 18.3 Å². The molecule has 0 aliphatic carbocycles. The predicted molar refractivity (Wildman–Crippen MR) is 62.7 cm³/mol. The van der Waals surface area contributed by atoms with E-state index in [0.717, 1.165) is 6.07 Å². The third-order valence-electron chi connectivity index (χ3n) is 2.53. The molecule has 0 radical (unpaired) electrons. The lowest BCUT2D eigenvalue weighted by Crippen LogP contribution is -1.94. The Kier molecular flexibility index (Phi) is 2.67. The number of fused-ring (bicyclic) bond motifs is 1. The maximum absolute atomic E-state index is 14.3. The molecule has 2 aromatic rings. The molecular weight excluding hydrogens is 325 g/mol. The van der Waals surface area contributed by atoms with Gasteiger partial charge >= 0.3 is 5.97 Å². The van der Waals surface area contributed by atoms with Gasteiger partial charge in [0.1, 0.15) is 5.69 Å². The number of benzene rings is 1. The average molecular weight is 330 g/mol. The summed E-state index contributed by atoms with van der Waals surface area (Å²) in [6, 6.07) is 2.66. The lowest BCUT2D eigenvalue weighted by molar-refractivity contribution is 0.0652. The summed E-state index contributed by atoms with van der Waals surface area (Å²) in [6.45, 7) is -0.0681. The van der Waals surface area contributed by atoms with Gasteiger partial charge in [0.25, 0.3) is 0 Å². The fraction of sp³-hybridized carbons (Fsp3) is 0.0909. The first kappa shape index (κ1) is 12.0. The summed E-state index contributed by atoms with van der Waals surface area (Å²) in [5, 5.41) is 12.3. The molecule has 1 aliphatic rings. The molecule has 1 aliphatic heterocycles. The van der Waals surface area contributed by atoms with Crippen molar-refractivity contribution in [3.05, 3.63) is 28.2 Å². The van der Waals surface area contributed by atoms with Crippen molar-refractivity contribution in [2.45, 2.75) is 0 Å². The van der Waals surface area contributed by atoms with E-state index >= 15 is 0 Å². The third kappa shape index (κ3) is 1.84. The van der Waals surface area contributed by atoms with Crippen molar-refractivity contribution < 1.29 is 28.3 Å². The largest absolute Gasteiger partial charge is 0.475 e. The van der Waals surface area contributed by atoms with E-state index in [9.17, 15) is 9.18 Å². The zero-order chi connectivity index (χ0) is 13.6. The molecule has 19 heavy (non-hydrogen) atoms. The van der Waals surface area contributed by atoms with E-state index in [1.165, 1.54) is 6.07 Å². The number of hydrogen-bond donors (Lipinski definition) is 1. The molecule has 8 heteroatoms. The number of nitrogens with zero attached hydrogens (tertiary/aromatic N) is 1. The number of aromatic nitrogens is 1. The van der Waals surface area contributed by atoms with E-state index in [1.54, 1.807) is 0 Å². The minimum atomic E-state index is -1.28. The molecule has 1 N–H and O–H groups in total. The second-order valence-corrected chi connectivity index (χ2v) is 4.52. The van der Waals surface area contributed by atoms with Gasteiger partial charge in [0.05, 0.1) is 5.56 Å². The van der Waals surface area contributed by atoms with Crippen molar-refractivity contribution in [1.29, 1.82) is 0 Å². The van der Waals surface area contributed by atoms with Crippen LogP contribution in [0.5, 0.6) is 11.5 Å². The SMILES string of the molecule is O=C(O)c1cc(-c2c(Br)cc3c(c2F)OCO3)no1. The maximum Gasteiger partial charge on any atom is 0.374 e. The highest BCUT2D eigenvalue weighted by molar-refractivity contribution is 9.10. The summed E-state index contributed by atoms with van der Waals surface area (Å²) in [5.41, 5.74) is 0.112. The molecule has 0 fully saturated rings. The summed E-state index contributed by atoms with van der Waals surface area (Å²) in [4.78, 5) is 10.7. The molecule has 0 atom stereocenters. The second kappa shape index (κ2) is 4.23. The normalized spacial score (nSPS) is 12.7. The van der Waals surface area contributed by atoms with Crippen molar-refractivity contribution in [1.82, 2.24) is 5.16 Å². The lowest BCUT2D eigenvalue weighted by atomic mass is 10.1. The molecular formula is C11H5BrFNO5. The Hall–Kier alpha value is -2.09. The van der Waals surface area contributed by atoms with Crippen LogP contribution >= 0.6 is 15.9 Å². The molecule has 0 bridgehead atoms. The Labute approximate surface area is 113 Å². The van der Waals surface area contributed by atoms with Gasteiger partial charge in [-0.2, -0.15) is 0 Å². The lowest BCUT2D eigenvalue weighted by Gasteiger charge is -2.05. The number of ether oxygens (including phenoxy) is 2. The van der Waals surface area contributed by atoms with Gasteiger partial charge < -0.3 is 19.1 Å². The monoisotopic (exact) mass is 329 g/mol. The van der Waals surface area contributed by atoms with Crippen LogP contribution in [0.1, 0.15) is 10.6 Å². The van der Waals surface area contributed by atoms with Gasteiger partial charge in [-0.3, -0.25) is 0 Å². The van der Waals surface area contributed by atoms with Gasteiger partial charge in [-0.1, -0.05) is 5.16 Å². The Balaban J connectivity index is 2.16. The summed E-state index contributed by atoms with van der Waals surface area (Å²) >= 11 is 3.18. The fourth-order valence-corrected chi connectivity index (χ4v) is 2.29. The number of carboxylic acid groups (broad SMARTS) is 1. The van der Waals surface area contributed by atoms with E-state index in [-0.39, 0.29) is 35.3 Å². The summed E-state index contributed by atoms with van der Waals surface area (Å²) < 4.78 is 29.3. The number of rotatable bonds is 2. The van der Waals surface area contributed by atoms with Crippen LogP contribution in [0, 0.1) is 5.82 Å². The molecule has 0 amide bonds. The minimum absolute atomic E-state index is 0.0296. The second-order valence-electron chi connectivity index (χ2n) is 3.66. The quantitative estimate of drug-likeness (QED) is 0.912. The minimum Gasteiger partial charge on any atom is -0.475 e. The van der Waals surface area contributed by atoms with Crippen LogP contribution in [-0.4, -0.2) is 23.0 Å². The number of hydrogen-bond acceptors (Lipinski definition) is 5. The van der Waals surface area contributed by atoms with Crippen LogP contribution in [0.2, 0.25) is 0 Å². The molecule has 2 heterocycles. The zero-order valence-electron chi connectivity index (χ0n) is 9.15. The average Bonchev–Trinajstić information content (AvgIpc) is 2.97. The van der Waals surface area contributed by atoms with Crippen LogP contribution in [0.25, 0.3) is 11.3 Å².